The normalized spacial score (nSPS) is 12.7. The van der Waals surface area contributed by atoms with Gasteiger partial charge in [-0.25, -0.2) is 0 Å². The van der Waals surface area contributed by atoms with Crippen molar-refractivity contribution in [2.24, 2.45) is 7.05 Å². The van der Waals surface area contributed by atoms with Crippen LogP contribution < -0.4 is 5.32 Å². The van der Waals surface area contributed by atoms with Gasteiger partial charge in [0.1, 0.15) is 0 Å². The van der Waals surface area contributed by atoms with Gasteiger partial charge in [0.2, 0.25) is 0 Å². The number of benzene rings is 1. The molecule has 0 amide bonds. The van der Waals surface area contributed by atoms with Crippen LogP contribution in [0.2, 0.25) is 5.02 Å². The molecule has 1 aromatic heterocycles. The average molecular weight is 278 g/mol. The first kappa shape index (κ1) is 14.1. The molecule has 102 valence electrons. The maximum atomic E-state index is 6.25. The Labute approximate surface area is 119 Å². The Morgan fingerprint density at radius 2 is 2.00 bits per heavy atom. The van der Waals surface area contributed by atoms with E-state index in [2.05, 4.69) is 48.5 Å². The molecule has 0 radical (unpaired) electrons. The van der Waals surface area contributed by atoms with Gasteiger partial charge in [-0.1, -0.05) is 35.9 Å². The lowest BCUT2D eigenvalue weighted by molar-refractivity contribution is 0.546. The second-order valence-electron chi connectivity index (χ2n) is 4.93. The molecular weight excluding hydrogens is 258 g/mol. The number of hydrogen-bond donors (Lipinski definition) is 1. The number of halogens is 1. The molecule has 1 N–H and O–H groups in total. The zero-order chi connectivity index (χ0) is 14.0. The average Bonchev–Trinajstić information content (AvgIpc) is 2.61. The van der Waals surface area contributed by atoms with E-state index in [-0.39, 0.29) is 6.04 Å². The molecule has 0 aliphatic heterocycles. The molecule has 3 nitrogen and oxygen atoms in total. The molecule has 1 atom stereocenters. The third-order valence-corrected chi connectivity index (χ3v) is 3.98. The standard InChI is InChI=1S/C15H20ClN3/c1-10-7-5-6-8-13(10)11(2)17-9-14-15(16)12(3)18-19(14)4/h5-8,11,17H,9H2,1-4H3/t11-/m0/s1. The minimum absolute atomic E-state index is 0.285. The summed E-state index contributed by atoms with van der Waals surface area (Å²) in [6.45, 7) is 6.94. The minimum atomic E-state index is 0.285. The first-order valence-corrected chi connectivity index (χ1v) is 6.85. The molecule has 1 heterocycles. The van der Waals surface area contributed by atoms with Crippen molar-refractivity contribution >= 4 is 11.6 Å². The third-order valence-electron chi connectivity index (χ3n) is 3.49. The maximum absolute atomic E-state index is 6.25. The molecule has 0 aliphatic carbocycles. The molecule has 0 unspecified atom stereocenters. The van der Waals surface area contributed by atoms with E-state index in [1.807, 2.05) is 18.7 Å². The molecule has 0 spiro atoms. The van der Waals surface area contributed by atoms with Crippen molar-refractivity contribution in [1.82, 2.24) is 15.1 Å². The molecule has 1 aromatic carbocycles. The van der Waals surface area contributed by atoms with Gasteiger partial charge in [-0.15, -0.1) is 0 Å². The Kier molecular flexibility index (Phi) is 4.27. The van der Waals surface area contributed by atoms with Crippen LogP contribution in [0.4, 0.5) is 0 Å². The maximum Gasteiger partial charge on any atom is 0.0860 e. The lowest BCUT2D eigenvalue weighted by Crippen LogP contribution is -2.20. The van der Waals surface area contributed by atoms with Crippen molar-refractivity contribution in [3.05, 3.63) is 51.8 Å². The predicted octanol–water partition coefficient (Wildman–Crippen LogP) is 3.54. The van der Waals surface area contributed by atoms with Crippen molar-refractivity contribution in [2.45, 2.75) is 33.4 Å². The van der Waals surface area contributed by atoms with Crippen LogP contribution in [0.25, 0.3) is 0 Å². The van der Waals surface area contributed by atoms with Crippen LogP contribution in [0.15, 0.2) is 24.3 Å². The summed E-state index contributed by atoms with van der Waals surface area (Å²) in [6.07, 6.45) is 0. The zero-order valence-corrected chi connectivity index (χ0v) is 12.6. The second-order valence-corrected chi connectivity index (χ2v) is 5.31. The van der Waals surface area contributed by atoms with E-state index in [0.717, 1.165) is 16.4 Å². The molecule has 0 fully saturated rings. The number of nitrogens with zero attached hydrogens (tertiary/aromatic N) is 2. The Bertz CT molecular complexity index is 575. The van der Waals surface area contributed by atoms with Crippen molar-refractivity contribution in [3.8, 4) is 0 Å². The molecule has 0 aliphatic rings. The van der Waals surface area contributed by atoms with Gasteiger partial charge in [0.25, 0.3) is 0 Å². The fourth-order valence-electron chi connectivity index (χ4n) is 2.30. The monoisotopic (exact) mass is 277 g/mol. The minimum Gasteiger partial charge on any atom is -0.305 e. The largest absolute Gasteiger partial charge is 0.305 e. The van der Waals surface area contributed by atoms with E-state index in [9.17, 15) is 0 Å². The third kappa shape index (κ3) is 2.99. The van der Waals surface area contributed by atoms with Gasteiger partial charge in [-0.2, -0.15) is 5.10 Å². The van der Waals surface area contributed by atoms with Gasteiger partial charge in [0.05, 0.1) is 16.4 Å². The highest BCUT2D eigenvalue weighted by Crippen LogP contribution is 2.21. The Hall–Kier alpha value is -1.32. The molecule has 2 aromatic rings. The summed E-state index contributed by atoms with van der Waals surface area (Å²) in [4.78, 5) is 0. The van der Waals surface area contributed by atoms with Crippen LogP contribution in [0.3, 0.4) is 0 Å². The number of hydrogen-bond acceptors (Lipinski definition) is 2. The SMILES string of the molecule is Cc1ccccc1[C@H](C)NCc1c(Cl)c(C)nn1C. The van der Waals surface area contributed by atoms with Crippen LogP contribution in [-0.4, -0.2) is 9.78 Å². The Morgan fingerprint density at radius 3 is 2.58 bits per heavy atom. The van der Waals surface area contributed by atoms with E-state index in [1.54, 1.807) is 0 Å². The molecule has 19 heavy (non-hydrogen) atoms. The summed E-state index contributed by atoms with van der Waals surface area (Å²) in [5.74, 6) is 0. The van der Waals surface area contributed by atoms with Crippen LogP contribution in [0.5, 0.6) is 0 Å². The molecule has 4 heteroatoms. The molecule has 0 saturated carbocycles. The van der Waals surface area contributed by atoms with Crippen LogP contribution in [-0.2, 0) is 13.6 Å². The first-order valence-electron chi connectivity index (χ1n) is 6.47. The van der Waals surface area contributed by atoms with E-state index in [0.29, 0.717) is 6.54 Å². The summed E-state index contributed by atoms with van der Waals surface area (Å²) in [6, 6.07) is 8.71. The Morgan fingerprint density at radius 1 is 1.32 bits per heavy atom. The van der Waals surface area contributed by atoms with E-state index >= 15 is 0 Å². The number of rotatable bonds is 4. The fraction of sp³-hybridized carbons (Fsp3) is 0.400. The zero-order valence-electron chi connectivity index (χ0n) is 11.9. The number of nitrogens with one attached hydrogen (secondary N) is 1. The van der Waals surface area contributed by atoms with Crippen molar-refractivity contribution in [2.75, 3.05) is 0 Å². The highest BCUT2D eigenvalue weighted by molar-refractivity contribution is 6.31. The van der Waals surface area contributed by atoms with Crippen LogP contribution in [0, 0.1) is 13.8 Å². The topological polar surface area (TPSA) is 29.9 Å². The van der Waals surface area contributed by atoms with Crippen molar-refractivity contribution in [3.63, 3.8) is 0 Å². The van der Waals surface area contributed by atoms with E-state index < -0.39 is 0 Å². The van der Waals surface area contributed by atoms with Gasteiger partial charge in [-0.3, -0.25) is 4.68 Å². The summed E-state index contributed by atoms with van der Waals surface area (Å²) < 4.78 is 1.84. The summed E-state index contributed by atoms with van der Waals surface area (Å²) in [5, 5.41) is 8.59. The summed E-state index contributed by atoms with van der Waals surface area (Å²) >= 11 is 6.25. The second kappa shape index (κ2) is 5.76. The molecule has 2 rings (SSSR count). The number of aryl methyl sites for hydroxylation is 3. The van der Waals surface area contributed by atoms with Gasteiger partial charge in [0, 0.05) is 19.6 Å². The fourth-order valence-corrected chi connectivity index (χ4v) is 2.53. The summed E-state index contributed by atoms with van der Waals surface area (Å²) in [7, 11) is 1.92. The molecular formula is C15H20ClN3. The van der Waals surface area contributed by atoms with E-state index in [4.69, 9.17) is 11.6 Å². The lowest BCUT2D eigenvalue weighted by Gasteiger charge is -2.16. The highest BCUT2D eigenvalue weighted by Gasteiger charge is 2.13. The number of aromatic nitrogens is 2. The quantitative estimate of drug-likeness (QED) is 0.926. The highest BCUT2D eigenvalue weighted by atomic mass is 35.5. The molecule has 0 saturated heterocycles. The molecule has 0 bridgehead atoms. The van der Waals surface area contributed by atoms with Gasteiger partial charge in [-0.05, 0) is 31.9 Å². The summed E-state index contributed by atoms with van der Waals surface area (Å²) in [5.41, 5.74) is 4.52. The van der Waals surface area contributed by atoms with Gasteiger partial charge in [0.15, 0.2) is 0 Å². The Balaban J connectivity index is 2.09. The van der Waals surface area contributed by atoms with Crippen LogP contribution >= 0.6 is 11.6 Å². The van der Waals surface area contributed by atoms with E-state index in [1.165, 1.54) is 11.1 Å². The smallest absolute Gasteiger partial charge is 0.0860 e. The van der Waals surface area contributed by atoms with Gasteiger partial charge < -0.3 is 5.32 Å². The van der Waals surface area contributed by atoms with Crippen molar-refractivity contribution < 1.29 is 0 Å². The van der Waals surface area contributed by atoms with Crippen LogP contribution in [0.1, 0.15) is 35.5 Å². The lowest BCUT2D eigenvalue weighted by atomic mass is 10.0. The van der Waals surface area contributed by atoms with Crippen molar-refractivity contribution in [1.29, 1.82) is 0 Å². The predicted molar refractivity (Wildman–Crippen MR) is 79.4 cm³/mol. The van der Waals surface area contributed by atoms with Gasteiger partial charge >= 0.3 is 0 Å². The first-order chi connectivity index (χ1) is 9.00.